The van der Waals surface area contributed by atoms with Crippen LogP contribution in [0.1, 0.15) is 36.3 Å². The van der Waals surface area contributed by atoms with E-state index in [1.165, 1.54) is 66.2 Å². The SMILES string of the molecule is Cc1oc2c(c1C)c1c(c3c4ccccc4n(-c4ccc(-c5ccccc5)c(-c5ccccc5)c4)c23)C(C)(C)c2cccnc2-1. The summed E-state index contributed by atoms with van der Waals surface area (Å²) in [6, 6.07) is 41.4. The molecule has 0 atom stereocenters. The molecule has 3 nitrogen and oxygen atoms in total. The molecule has 0 N–H and O–H groups in total. The first kappa shape index (κ1) is 26.0. The molecule has 0 fully saturated rings. The Labute approximate surface area is 262 Å². The summed E-state index contributed by atoms with van der Waals surface area (Å²) in [6.45, 7) is 8.97. The second-order valence-electron chi connectivity index (χ2n) is 12.8. The lowest BCUT2D eigenvalue weighted by Gasteiger charge is -2.22. The van der Waals surface area contributed by atoms with Crippen LogP contribution in [0.2, 0.25) is 0 Å². The maximum absolute atomic E-state index is 6.77. The largest absolute Gasteiger partial charge is 0.459 e. The number of pyridine rings is 1. The molecule has 1 aliphatic carbocycles. The number of para-hydroxylation sites is 1. The van der Waals surface area contributed by atoms with Crippen LogP contribution in [0.4, 0.5) is 0 Å². The topological polar surface area (TPSA) is 31.0 Å². The van der Waals surface area contributed by atoms with Gasteiger partial charge in [-0.15, -0.1) is 0 Å². The second-order valence-corrected chi connectivity index (χ2v) is 12.8. The number of nitrogens with zero attached hydrogens (tertiary/aromatic N) is 2. The Morgan fingerprint density at radius 3 is 2.13 bits per heavy atom. The molecule has 9 rings (SSSR count). The van der Waals surface area contributed by atoms with Gasteiger partial charge in [0.15, 0.2) is 5.58 Å². The molecule has 0 saturated heterocycles. The van der Waals surface area contributed by atoms with E-state index in [1.54, 1.807) is 0 Å². The molecular weight excluding hydrogens is 548 g/mol. The highest BCUT2D eigenvalue weighted by Crippen LogP contribution is 2.57. The lowest BCUT2D eigenvalue weighted by atomic mass is 9.80. The summed E-state index contributed by atoms with van der Waals surface area (Å²) < 4.78 is 9.21. The Bertz CT molecular complexity index is 2460. The zero-order valence-corrected chi connectivity index (χ0v) is 25.8. The smallest absolute Gasteiger partial charge is 0.159 e. The van der Waals surface area contributed by atoms with E-state index in [0.29, 0.717) is 0 Å². The second kappa shape index (κ2) is 9.30. The highest BCUT2D eigenvalue weighted by molar-refractivity contribution is 6.24. The zero-order chi connectivity index (χ0) is 30.4. The quantitative estimate of drug-likeness (QED) is 0.208. The third-order valence-electron chi connectivity index (χ3n) is 10.00. The fourth-order valence-corrected chi connectivity index (χ4v) is 7.82. The molecule has 216 valence electrons. The van der Waals surface area contributed by atoms with Gasteiger partial charge in [0, 0.05) is 39.0 Å². The predicted octanol–water partition coefficient (Wildman–Crippen LogP) is 11.2. The minimum absolute atomic E-state index is 0.232. The van der Waals surface area contributed by atoms with Crippen molar-refractivity contribution in [3.05, 3.63) is 144 Å². The van der Waals surface area contributed by atoms with Crippen LogP contribution in [0.25, 0.3) is 72.0 Å². The van der Waals surface area contributed by atoms with Crippen LogP contribution < -0.4 is 0 Å². The monoisotopic (exact) mass is 580 g/mol. The predicted molar refractivity (Wildman–Crippen MR) is 186 cm³/mol. The minimum atomic E-state index is -0.232. The number of hydrogen-bond acceptors (Lipinski definition) is 2. The van der Waals surface area contributed by atoms with Crippen LogP contribution in [0.3, 0.4) is 0 Å². The van der Waals surface area contributed by atoms with Crippen LogP contribution in [-0.2, 0) is 5.41 Å². The fourth-order valence-electron chi connectivity index (χ4n) is 7.82. The van der Waals surface area contributed by atoms with Gasteiger partial charge in [0.1, 0.15) is 5.76 Å². The summed E-state index contributed by atoms with van der Waals surface area (Å²) in [6.07, 6.45) is 1.92. The van der Waals surface area contributed by atoms with E-state index >= 15 is 0 Å². The van der Waals surface area contributed by atoms with E-state index in [-0.39, 0.29) is 5.41 Å². The van der Waals surface area contributed by atoms with Crippen molar-refractivity contribution in [2.24, 2.45) is 0 Å². The lowest BCUT2D eigenvalue weighted by molar-refractivity contribution is 0.577. The van der Waals surface area contributed by atoms with E-state index in [2.05, 4.69) is 148 Å². The van der Waals surface area contributed by atoms with E-state index < -0.39 is 0 Å². The van der Waals surface area contributed by atoms with Gasteiger partial charge in [-0.2, -0.15) is 0 Å². The maximum atomic E-state index is 6.77. The summed E-state index contributed by atoms with van der Waals surface area (Å²) in [5.74, 6) is 0.947. The van der Waals surface area contributed by atoms with Crippen molar-refractivity contribution in [2.75, 3.05) is 0 Å². The van der Waals surface area contributed by atoms with Crippen molar-refractivity contribution in [3.8, 4) is 39.2 Å². The molecule has 5 aromatic carbocycles. The molecule has 0 saturated carbocycles. The maximum Gasteiger partial charge on any atom is 0.159 e. The first-order valence-electron chi connectivity index (χ1n) is 15.7. The van der Waals surface area contributed by atoms with Gasteiger partial charge in [0.05, 0.1) is 16.7 Å². The van der Waals surface area contributed by atoms with Gasteiger partial charge >= 0.3 is 0 Å². The van der Waals surface area contributed by atoms with Crippen molar-refractivity contribution < 1.29 is 4.42 Å². The van der Waals surface area contributed by atoms with Crippen LogP contribution in [0.15, 0.2) is 126 Å². The molecule has 0 aliphatic heterocycles. The van der Waals surface area contributed by atoms with E-state index in [0.717, 1.165) is 28.2 Å². The number of benzene rings is 5. The number of hydrogen-bond donors (Lipinski definition) is 0. The van der Waals surface area contributed by atoms with Crippen LogP contribution in [0.5, 0.6) is 0 Å². The number of furan rings is 1. The summed E-state index contributed by atoms with van der Waals surface area (Å²) in [5.41, 5.74) is 15.0. The molecule has 0 spiro atoms. The molecule has 0 radical (unpaired) electrons. The van der Waals surface area contributed by atoms with E-state index in [4.69, 9.17) is 9.40 Å². The fraction of sp³-hybridized carbons (Fsp3) is 0.119. The van der Waals surface area contributed by atoms with Crippen molar-refractivity contribution in [2.45, 2.75) is 33.1 Å². The Balaban J connectivity index is 1.46. The zero-order valence-electron chi connectivity index (χ0n) is 25.8. The van der Waals surface area contributed by atoms with Crippen LogP contribution in [0, 0.1) is 13.8 Å². The molecule has 3 heterocycles. The summed E-state index contributed by atoms with van der Waals surface area (Å²) in [7, 11) is 0. The Morgan fingerprint density at radius 2 is 1.38 bits per heavy atom. The first-order chi connectivity index (χ1) is 21.9. The molecule has 45 heavy (non-hydrogen) atoms. The Hall–Kier alpha value is -5.41. The third-order valence-corrected chi connectivity index (χ3v) is 10.00. The summed E-state index contributed by atoms with van der Waals surface area (Å²) >= 11 is 0. The molecule has 3 aromatic heterocycles. The van der Waals surface area contributed by atoms with Crippen LogP contribution >= 0.6 is 0 Å². The number of fused-ring (bicyclic) bond motifs is 10. The molecule has 1 aliphatic rings. The lowest BCUT2D eigenvalue weighted by Crippen LogP contribution is -2.15. The molecule has 0 unspecified atom stereocenters. The molecule has 8 aromatic rings. The molecule has 0 amide bonds. The minimum Gasteiger partial charge on any atom is -0.459 e. The number of aromatic nitrogens is 2. The van der Waals surface area contributed by atoms with Crippen LogP contribution in [-0.4, -0.2) is 9.55 Å². The molecule has 0 bridgehead atoms. The first-order valence-corrected chi connectivity index (χ1v) is 15.7. The number of rotatable bonds is 3. The average molecular weight is 581 g/mol. The number of aryl methyl sites for hydroxylation is 2. The van der Waals surface area contributed by atoms with Gasteiger partial charge in [0.25, 0.3) is 0 Å². The van der Waals surface area contributed by atoms with Crippen molar-refractivity contribution in [1.82, 2.24) is 9.55 Å². The highest BCUT2D eigenvalue weighted by atomic mass is 16.3. The van der Waals surface area contributed by atoms with E-state index in [1.807, 2.05) is 6.20 Å². The van der Waals surface area contributed by atoms with Crippen molar-refractivity contribution in [1.29, 1.82) is 0 Å². The molecule has 3 heteroatoms. The third kappa shape index (κ3) is 3.49. The normalized spacial score (nSPS) is 13.5. The molecular formula is C42H32N2O. The van der Waals surface area contributed by atoms with Gasteiger partial charge in [-0.3, -0.25) is 4.98 Å². The summed E-state index contributed by atoms with van der Waals surface area (Å²) in [5, 5.41) is 3.65. The van der Waals surface area contributed by atoms with Gasteiger partial charge in [-0.25, -0.2) is 0 Å². The Morgan fingerprint density at radius 1 is 0.689 bits per heavy atom. The van der Waals surface area contributed by atoms with E-state index in [9.17, 15) is 0 Å². The van der Waals surface area contributed by atoms with Gasteiger partial charge < -0.3 is 8.98 Å². The van der Waals surface area contributed by atoms with Crippen molar-refractivity contribution >= 4 is 32.8 Å². The average Bonchev–Trinajstić information content (AvgIpc) is 3.66. The van der Waals surface area contributed by atoms with Gasteiger partial charge in [-0.1, -0.05) is 105 Å². The standard InChI is InChI=1S/C42H32N2O/c1-25-26(2)45-41-35(25)37-38(42(3,4)33-19-13-23-43-39(33)37)36-31-18-11-12-20-34(31)44(40(36)41)29-21-22-30(27-14-7-5-8-15-27)32(24-29)28-16-9-6-10-17-28/h5-24H,1-4H3. The summed E-state index contributed by atoms with van der Waals surface area (Å²) in [4.78, 5) is 4.98. The van der Waals surface area contributed by atoms with Gasteiger partial charge in [-0.05, 0) is 77.1 Å². The van der Waals surface area contributed by atoms with Crippen molar-refractivity contribution in [3.63, 3.8) is 0 Å². The van der Waals surface area contributed by atoms with Gasteiger partial charge in [0.2, 0.25) is 0 Å². The highest BCUT2D eigenvalue weighted by Gasteiger charge is 2.42. The Kier molecular flexibility index (Phi) is 5.38.